The molecule has 3 rings (SSSR count). The van der Waals surface area contributed by atoms with Crippen LogP contribution >= 0.6 is 0 Å². The van der Waals surface area contributed by atoms with Crippen LogP contribution < -0.4 is 0 Å². The molecule has 0 aromatic carbocycles. The molecule has 0 aromatic heterocycles. The number of aliphatic hydroxyl groups is 2. The molecule has 0 saturated heterocycles. The molecule has 37 heavy (non-hydrogen) atoms. The SMILES string of the molecule is CC(=O)O[C@@H]1C[C@@H](C)[C@](O)(CCC2=CC(=O)OC2)[C@@]2(CCC[C@@H](C)CCC(C)C)[C@H](O)CCC(C)(C)[C@H]12. The molecule has 1 aliphatic heterocycles. The molecule has 6 heteroatoms. The van der Waals surface area contributed by atoms with Gasteiger partial charge < -0.3 is 19.7 Å². The summed E-state index contributed by atoms with van der Waals surface area (Å²) in [5.41, 5.74) is -1.26. The summed E-state index contributed by atoms with van der Waals surface area (Å²) >= 11 is 0. The second-order valence-corrected chi connectivity index (χ2v) is 13.6. The van der Waals surface area contributed by atoms with Gasteiger partial charge in [-0.3, -0.25) is 4.79 Å². The van der Waals surface area contributed by atoms with Gasteiger partial charge >= 0.3 is 11.9 Å². The fourth-order valence-corrected chi connectivity index (χ4v) is 8.12. The Kier molecular flexibility index (Phi) is 9.59. The summed E-state index contributed by atoms with van der Waals surface area (Å²) in [5.74, 6) is 0.304. The van der Waals surface area contributed by atoms with Crippen LogP contribution in [0, 0.1) is 34.5 Å². The smallest absolute Gasteiger partial charge is 0.331 e. The van der Waals surface area contributed by atoms with Crippen molar-refractivity contribution in [2.45, 2.75) is 130 Å². The number of carbonyl (C=O) groups excluding carboxylic acids is 2. The molecule has 2 fully saturated rings. The number of esters is 2. The first-order valence-corrected chi connectivity index (χ1v) is 14.7. The number of hydrogen-bond acceptors (Lipinski definition) is 6. The van der Waals surface area contributed by atoms with Gasteiger partial charge in [-0.2, -0.15) is 0 Å². The molecule has 0 bridgehead atoms. The Bertz CT molecular complexity index is 847. The first-order chi connectivity index (χ1) is 17.2. The highest BCUT2D eigenvalue weighted by molar-refractivity contribution is 5.85. The molecule has 0 aromatic rings. The summed E-state index contributed by atoms with van der Waals surface area (Å²) in [7, 11) is 0. The lowest BCUT2D eigenvalue weighted by molar-refractivity contribution is -0.291. The second-order valence-electron chi connectivity index (χ2n) is 13.6. The van der Waals surface area contributed by atoms with Crippen molar-refractivity contribution in [3.63, 3.8) is 0 Å². The van der Waals surface area contributed by atoms with Gasteiger partial charge in [-0.15, -0.1) is 0 Å². The van der Waals surface area contributed by atoms with E-state index in [1.807, 2.05) is 6.92 Å². The molecule has 0 amide bonds. The molecule has 212 valence electrons. The molecule has 6 nitrogen and oxygen atoms in total. The Hall–Kier alpha value is -1.40. The minimum atomic E-state index is -1.15. The van der Waals surface area contributed by atoms with Crippen LogP contribution in [0.25, 0.3) is 0 Å². The molecule has 2 saturated carbocycles. The number of rotatable bonds is 11. The third-order valence-electron chi connectivity index (χ3n) is 10.0. The van der Waals surface area contributed by atoms with Crippen LogP contribution in [0.3, 0.4) is 0 Å². The summed E-state index contributed by atoms with van der Waals surface area (Å²) in [5, 5.41) is 24.6. The first-order valence-electron chi connectivity index (χ1n) is 14.7. The zero-order valence-electron chi connectivity index (χ0n) is 24.3. The Morgan fingerprint density at radius 1 is 1.19 bits per heavy atom. The third kappa shape index (κ3) is 6.27. The lowest BCUT2D eigenvalue weighted by atomic mass is 9.40. The molecule has 0 spiro atoms. The van der Waals surface area contributed by atoms with Crippen LogP contribution in [0.15, 0.2) is 11.6 Å². The van der Waals surface area contributed by atoms with Crippen molar-refractivity contribution in [1.29, 1.82) is 0 Å². The van der Waals surface area contributed by atoms with Gasteiger partial charge in [0.2, 0.25) is 0 Å². The van der Waals surface area contributed by atoms with Crippen molar-refractivity contribution in [1.82, 2.24) is 0 Å². The van der Waals surface area contributed by atoms with E-state index in [1.54, 1.807) is 6.08 Å². The summed E-state index contributed by atoms with van der Waals surface area (Å²) < 4.78 is 11.1. The average molecular weight is 521 g/mol. The fourth-order valence-electron chi connectivity index (χ4n) is 8.12. The van der Waals surface area contributed by atoms with Crippen LogP contribution in [-0.2, 0) is 19.1 Å². The lowest BCUT2D eigenvalue weighted by Crippen LogP contribution is -2.72. The minimum Gasteiger partial charge on any atom is -0.462 e. The van der Waals surface area contributed by atoms with E-state index >= 15 is 0 Å². The quantitative estimate of drug-likeness (QED) is 0.326. The second kappa shape index (κ2) is 11.8. The van der Waals surface area contributed by atoms with Gasteiger partial charge in [0.1, 0.15) is 12.7 Å². The van der Waals surface area contributed by atoms with Crippen LogP contribution in [0.2, 0.25) is 0 Å². The maximum Gasteiger partial charge on any atom is 0.331 e. The van der Waals surface area contributed by atoms with Gasteiger partial charge in [0, 0.05) is 24.3 Å². The van der Waals surface area contributed by atoms with Gasteiger partial charge in [0.15, 0.2) is 0 Å². The Morgan fingerprint density at radius 2 is 1.89 bits per heavy atom. The van der Waals surface area contributed by atoms with E-state index in [2.05, 4.69) is 34.6 Å². The minimum absolute atomic E-state index is 0.157. The summed E-state index contributed by atoms with van der Waals surface area (Å²) in [6, 6.07) is 0. The van der Waals surface area contributed by atoms with Crippen molar-refractivity contribution in [3.05, 3.63) is 11.6 Å². The Balaban J connectivity index is 1.99. The topological polar surface area (TPSA) is 93.1 Å². The maximum absolute atomic E-state index is 12.8. The van der Waals surface area contributed by atoms with Gasteiger partial charge in [-0.05, 0) is 67.3 Å². The van der Waals surface area contributed by atoms with E-state index in [-0.39, 0.29) is 41.9 Å². The lowest BCUT2D eigenvalue weighted by Gasteiger charge is -2.67. The van der Waals surface area contributed by atoms with E-state index in [0.29, 0.717) is 43.9 Å². The van der Waals surface area contributed by atoms with Crippen molar-refractivity contribution >= 4 is 11.9 Å². The van der Waals surface area contributed by atoms with E-state index < -0.39 is 17.1 Å². The van der Waals surface area contributed by atoms with E-state index in [4.69, 9.17) is 9.47 Å². The summed E-state index contributed by atoms with van der Waals surface area (Å²) in [6.07, 6.45) is 8.58. The van der Waals surface area contributed by atoms with Gasteiger partial charge in [-0.25, -0.2) is 4.79 Å². The molecule has 0 unspecified atom stereocenters. The van der Waals surface area contributed by atoms with Gasteiger partial charge in [-0.1, -0.05) is 67.2 Å². The van der Waals surface area contributed by atoms with Crippen LogP contribution in [-0.4, -0.2) is 46.6 Å². The number of ether oxygens (including phenoxy) is 2. The number of cyclic esters (lactones) is 1. The zero-order chi connectivity index (χ0) is 27.6. The van der Waals surface area contributed by atoms with Crippen LogP contribution in [0.5, 0.6) is 0 Å². The van der Waals surface area contributed by atoms with Crippen molar-refractivity contribution < 1.29 is 29.3 Å². The molecule has 2 N–H and O–H groups in total. The maximum atomic E-state index is 12.8. The largest absolute Gasteiger partial charge is 0.462 e. The molecule has 3 aliphatic rings. The highest BCUT2D eigenvalue weighted by atomic mass is 16.5. The Labute approximate surface area is 224 Å². The van der Waals surface area contributed by atoms with Gasteiger partial charge in [0.05, 0.1) is 11.7 Å². The number of hydrogen-bond donors (Lipinski definition) is 2. The van der Waals surface area contributed by atoms with Crippen LogP contribution in [0.4, 0.5) is 0 Å². The summed E-state index contributed by atoms with van der Waals surface area (Å²) in [6.45, 7) is 15.0. The highest BCUT2D eigenvalue weighted by Gasteiger charge is 2.69. The predicted molar refractivity (Wildman–Crippen MR) is 145 cm³/mol. The van der Waals surface area contributed by atoms with E-state index in [0.717, 1.165) is 24.8 Å². The predicted octanol–water partition coefficient (Wildman–Crippen LogP) is 5.98. The molecule has 2 aliphatic carbocycles. The van der Waals surface area contributed by atoms with Crippen molar-refractivity contribution in [2.75, 3.05) is 6.61 Å². The van der Waals surface area contributed by atoms with Gasteiger partial charge in [0.25, 0.3) is 0 Å². The molecular weight excluding hydrogens is 468 g/mol. The standard InChI is InChI=1S/C31H52O6/c1-20(2)10-11-21(3)9-8-14-30-26(33)13-15-29(6,7)28(30)25(37-23(5)32)17-22(4)31(30,35)16-12-24-18-27(34)36-19-24/h18,20-22,25-26,28,33,35H,8-17,19H2,1-7H3/t21-,22-,25-,26-,28+,30+,31-/m1/s1. The fraction of sp³-hybridized carbons (Fsp3) is 0.871. The number of carbonyl (C=O) groups is 2. The number of aliphatic hydroxyl groups excluding tert-OH is 1. The highest BCUT2D eigenvalue weighted by Crippen LogP contribution is 2.66. The summed E-state index contributed by atoms with van der Waals surface area (Å²) in [4.78, 5) is 23.9. The molecule has 0 radical (unpaired) electrons. The zero-order valence-corrected chi connectivity index (χ0v) is 24.3. The van der Waals surface area contributed by atoms with E-state index in [1.165, 1.54) is 19.8 Å². The van der Waals surface area contributed by atoms with Crippen molar-refractivity contribution in [3.8, 4) is 0 Å². The molecular formula is C31H52O6. The first kappa shape index (κ1) is 30.1. The van der Waals surface area contributed by atoms with Crippen LogP contribution in [0.1, 0.15) is 113 Å². The number of fused-ring (bicyclic) bond motifs is 1. The monoisotopic (exact) mass is 520 g/mol. The average Bonchev–Trinajstić information content (AvgIpc) is 3.21. The van der Waals surface area contributed by atoms with E-state index in [9.17, 15) is 19.8 Å². The molecule has 1 heterocycles. The molecule has 7 atom stereocenters. The normalized spacial score (nSPS) is 36.1. The Morgan fingerprint density at radius 3 is 2.49 bits per heavy atom. The van der Waals surface area contributed by atoms with Crippen molar-refractivity contribution in [2.24, 2.45) is 34.5 Å². The third-order valence-corrected chi connectivity index (χ3v) is 10.0.